The number of halogens is 1. The smallest absolute Gasteiger partial charge is 0.119 e. The second-order valence-corrected chi connectivity index (χ2v) is 6.65. The van der Waals surface area contributed by atoms with Gasteiger partial charge in [-0.15, -0.1) is 0 Å². The second kappa shape index (κ2) is 7.51. The van der Waals surface area contributed by atoms with Gasteiger partial charge < -0.3 is 14.6 Å². The summed E-state index contributed by atoms with van der Waals surface area (Å²) in [5, 5.41) is 0. The highest BCUT2D eigenvalue weighted by molar-refractivity contribution is 5.48. The summed E-state index contributed by atoms with van der Waals surface area (Å²) in [6.07, 6.45) is 8.23. The van der Waals surface area contributed by atoms with Crippen molar-refractivity contribution in [3.05, 3.63) is 0 Å². The molecule has 1 unspecified atom stereocenters. The van der Waals surface area contributed by atoms with Crippen LogP contribution >= 0.6 is 0 Å². The van der Waals surface area contributed by atoms with Gasteiger partial charge >= 0.3 is 0 Å². The van der Waals surface area contributed by atoms with E-state index in [4.69, 9.17) is 0 Å². The molecule has 20 heavy (non-hydrogen) atoms. The van der Waals surface area contributed by atoms with E-state index in [-0.39, 0.29) is 0 Å². The van der Waals surface area contributed by atoms with E-state index in [1.165, 1.54) is 25.8 Å². The van der Waals surface area contributed by atoms with Gasteiger partial charge in [-0.3, -0.25) is 0 Å². The van der Waals surface area contributed by atoms with E-state index in [2.05, 4.69) is 23.9 Å². The Labute approximate surface area is 122 Å². The molecule has 2 atom stereocenters. The third kappa shape index (κ3) is 4.01. The van der Waals surface area contributed by atoms with Crippen LogP contribution in [0, 0.1) is 0 Å². The third-order valence-corrected chi connectivity index (χ3v) is 5.28. The highest BCUT2D eigenvalue weighted by Gasteiger charge is 2.36. The zero-order valence-corrected chi connectivity index (χ0v) is 12.9. The highest BCUT2D eigenvalue weighted by atomic mass is 19.1. The molecule has 0 aromatic rings. The number of unbranched alkanes of at least 4 members (excludes halogenated alkanes) is 1. The fourth-order valence-corrected chi connectivity index (χ4v) is 3.67. The molecule has 1 aliphatic carbocycles. The van der Waals surface area contributed by atoms with Gasteiger partial charge in [0.05, 0.1) is 0 Å². The molecule has 2 aliphatic rings. The van der Waals surface area contributed by atoms with Crippen molar-refractivity contribution in [3.63, 3.8) is 0 Å². The van der Waals surface area contributed by atoms with Crippen LogP contribution in [0.1, 0.15) is 51.4 Å². The van der Waals surface area contributed by atoms with Crippen molar-refractivity contribution in [2.24, 2.45) is 0 Å². The first-order valence-corrected chi connectivity index (χ1v) is 8.11. The Hall–Kier alpha value is -0.480. The predicted molar refractivity (Wildman–Crippen MR) is 79.7 cm³/mol. The molecule has 116 valence electrons. The lowest BCUT2D eigenvalue weighted by atomic mass is 9.87. The predicted octanol–water partition coefficient (Wildman–Crippen LogP) is 2.64. The van der Waals surface area contributed by atoms with Crippen LogP contribution in [-0.2, 0) is 4.79 Å². The van der Waals surface area contributed by atoms with Gasteiger partial charge in [-0.1, -0.05) is 0 Å². The van der Waals surface area contributed by atoms with Crippen molar-refractivity contribution in [1.82, 2.24) is 9.80 Å². The Morgan fingerprint density at radius 1 is 1.45 bits per heavy atom. The molecule has 0 radical (unpaired) electrons. The average molecular weight is 284 g/mol. The number of nitrogens with zero attached hydrogens (tertiary/aromatic N) is 2. The summed E-state index contributed by atoms with van der Waals surface area (Å²) in [6.45, 7) is 1.20. The van der Waals surface area contributed by atoms with Crippen LogP contribution in [0.25, 0.3) is 0 Å². The normalized spacial score (nSPS) is 32.3. The number of carbonyl (C=O) groups is 1. The molecule has 0 amide bonds. The lowest BCUT2D eigenvalue weighted by Gasteiger charge is -2.43. The molecule has 0 aromatic carbocycles. The lowest BCUT2D eigenvalue weighted by Crippen LogP contribution is -2.49. The van der Waals surface area contributed by atoms with Crippen LogP contribution in [0.4, 0.5) is 4.39 Å². The van der Waals surface area contributed by atoms with Crippen molar-refractivity contribution in [3.8, 4) is 0 Å². The summed E-state index contributed by atoms with van der Waals surface area (Å²) in [4.78, 5) is 15.4. The Balaban J connectivity index is 1.87. The maximum absolute atomic E-state index is 13.1. The first-order valence-electron chi connectivity index (χ1n) is 8.11. The molecule has 3 nitrogen and oxygen atoms in total. The van der Waals surface area contributed by atoms with E-state index in [0.717, 1.165) is 19.1 Å². The van der Waals surface area contributed by atoms with Crippen LogP contribution < -0.4 is 0 Å². The highest BCUT2D eigenvalue weighted by Crippen LogP contribution is 2.32. The second-order valence-electron chi connectivity index (χ2n) is 6.65. The number of hydrogen-bond donors (Lipinski definition) is 0. The van der Waals surface area contributed by atoms with E-state index in [1.807, 2.05) is 0 Å². The lowest BCUT2D eigenvalue weighted by molar-refractivity contribution is -0.108. The van der Waals surface area contributed by atoms with Crippen molar-refractivity contribution in [2.45, 2.75) is 75.7 Å². The van der Waals surface area contributed by atoms with E-state index in [1.54, 1.807) is 0 Å². The third-order valence-electron chi connectivity index (χ3n) is 5.28. The van der Waals surface area contributed by atoms with E-state index in [0.29, 0.717) is 37.4 Å². The standard InChI is InChI=1S/C16H29FN2O/c1-18-8-5-7-14(18)12-15(6-3-4-9-20)19(2)16-10-13(17)11-16/h9,13-16H,3-8,10-12H2,1-2H3/t13?,14-,15?,16?/m1/s1. The number of carbonyl (C=O) groups excluding carboxylic acids is 1. The fraction of sp³-hybridized carbons (Fsp3) is 0.938. The monoisotopic (exact) mass is 284 g/mol. The van der Waals surface area contributed by atoms with Crippen molar-refractivity contribution in [2.75, 3.05) is 20.6 Å². The van der Waals surface area contributed by atoms with Gasteiger partial charge in [0.1, 0.15) is 12.5 Å². The largest absolute Gasteiger partial charge is 0.303 e. The molecular weight excluding hydrogens is 255 g/mol. The summed E-state index contributed by atoms with van der Waals surface area (Å²) in [7, 11) is 4.36. The number of rotatable bonds is 8. The number of alkyl halides is 1. The quantitative estimate of drug-likeness (QED) is 0.506. The minimum atomic E-state index is -0.591. The zero-order chi connectivity index (χ0) is 14.5. The molecule has 0 aromatic heterocycles. The van der Waals surface area contributed by atoms with E-state index >= 15 is 0 Å². The Bertz CT molecular complexity index is 307. The summed E-state index contributed by atoms with van der Waals surface area (Å²) < 4.78 is 13.1. The van der Waals surface area contributed by atoms with Crippen molar-refractivity contribution >= 4 is 6.29 Å². The number of aldehydes is 1. The van der Waals surface area contributed by atoms with Gasteiger partial charge in [-0.2, -0.15) is 0 Å². The maximum atomic E-state index is 13.1. The Kier molecular flexibility index (Phi) is 5.97. The Morgan fingerprint density at radius 3 is 2.75 bits per heavy atom. The summed E-state index contributed by atoms with van der Waals surface area (Å²) in [6, 6.07) is 1.58. The van der Waals surface area contributed by atoms with Gasteiger partial charge in [-0.25, -0.2) is 4.39 Å². The summed E-state index contributed by atoms with van der Waals surface area (Å²) in [5.74, 6) is 0. The number of hydrogen-bond acceptors (Lipinski definition) is 3. The molecule has 1 heterocycles. The van der Waals surface area contributed by atoms with Gasteiger partial charge in [0, 0.05) is 24.5 Å². The molecule has 0 bridgehead atoms. The first-order chi connectivity index (χ1) is 9.61. The molecule has 1 aliphatic heterocycles. The molecule has 1 saturated carbocycles. The van der Waals surface area contributed by atoms with E-state index in [9.17, 15) is 9.18 Å². The SMILES string of the molecule is CN(C1CC(F)C1)C(CCCC=O)C[C@H]1CCCN1C. The number of likely N-dealkylation sites (tertiary alicyclic amines) is 1. The molecule has 2 rings (SSSR count). The van der Waals surface area contributed by atoms with Crippen LogP contribution in [0.5, 0.6) is 0 Å². The van der Waals surface area contributed by atoms with Gasteiger partial charge in [-0.05, 0) is 65.6 Å². The molecule has 0 spiro atoms. The molecule has 0 N–H and O–H groups in total. The van der Waals surface area contributed by atoms with Gasteiger partial charge in [0.15, 0.2) is 0 Å². The molecule has 1 saturated heterocycles. The van der Waals surface area contributed by atoms with E-state index < -0.39 is 6.17 Å². The van der Waals surface area contributed by atoms with Crippen molar-refractivity contribution in [1.29, 1.82) is 0 Å². The van der Waals surface area contributed by atoms with Crippen LogP contribution in [0.3, 0.4) is 0 Å². The Morgan fingerprint density at radius 2 is 2.20 bits per heavy atom. The molecule has 2 fully saturated rings. The topological polar surface area (TPSA) is 23.6 Å². The minimum Gasteiger partial charge on any atom is -0.303 e. The molecular formula is C16H29FN2O. The van der Waals surface area contributed by atoms with Gasteiger partial charge in [0.25, 0.3) is 0 Å². The zero-order valence-electron chi connectivity index (χ0n) is 12.9. The van der Waals surface area contributed by atoms with Crippen LogP contribution in [0.15, 0.2) is 0 Å². The van der Waals surface area contributed by atoms with Gasteiger partial charge in [0.2, 0.25) is 0 Å². The van der Waals surface area contributed by atoms with Crippen LogP contribution in [-0.4, -0.2) is 61.0 Å². The minimum absolute atomic E-state index is 0.415. The first kappa shape index (κ1) is 15.9. The van der Waals surface area contributed by atoms with Crippen LogP contribution in [0.2, 0.25) is 0 Å². The van der Waals surface area contributed by atoms with Crippen molar-refractivity contribution < 1.29 is 9.18 Å². The summed E-state index contributed by atoms with van der Waals surface area (Å²) in [5.41, 5.74) is 0. The average Bonchev–Trinajstić information content (AvgIpc) is 2.79. The molecule has 4 heteroatoms. The fourth-order valence-electron chi connectivity index (χ4n) is 3.67. The maximum Gasteiger partial charge on any atom is 0.119 e. The summed E-state index contributed by atoms with van der Waals surface area (Å²) >= 11 is 0.